The zero-order chi connectivity index (χ0) is 60.6. The molecule has 0 spiro atoms. The van der Waals surface area contributed by atoms with Gasteiger partial charge in [0.25, 0.3) is 0 Å². The second-order valence-corrected chi connectivity index (χ2v) is 28.4. The Morgan fingerprint density at radius 1 is 0.247 bits per heavy atom. The summed E-state index contributed by atoms with van der Waals surface area (Å²) in [6.07, 6.45) is 67.2. The molecule has 0 fully saturated rings. The maximum Gasteiger partial charge on any atom is 2.00 e. The van der Waals surface area contributed by atoms with Gasteiger partial charge in [0, 0.05) is 0 Å². The molecule has 0 bridgehead atoms. The predicted molar refractivity (Wildman–Crippen MR) is 369 cm³/mol. The molecule has 0 saturated heterocycles. The van der Waals surface area contributed by atoms with E-state index >= 15 is 0 Å². The first-order chi connectivity index (χ1) is 40.9. The van der Waals surface area contributed by atoms with Crippen LogP contribution in [-0.2, 0) is 45.9 Å². The van der Waals surface area contributed by atoms with Gasteiger partial charge in [-0.2, -0.15) is 0 Å². The largest absolute Gasteiger partial charge is 2.00 e. The number of rotatable bonds is 54. The van der Waals surface area contributed by atoms with Crippen LogP contribution in [-0.4, -0.2) is 63.7 Å². The smallest absolute Gasteiger partial charge is 0.744 e. The molecule has 0 N–H and O–H groups in total. The number of benzene rings is 4. The number of unbranched alkanes of at least 4 members (excludes halogenated alkanes) is 44. The van der Waals surface area contributed by atoms with Gasteiger partial charge in [0.1, 0.15) is 20.2 Å². The van der Waals surface area contributed by atoms with E-state index in [1.807, 2.05) is 24.3 Å². The van der Waals surface area contributed by atoms with Crippen molar-refractivity contribution in [3.05, 3.63) is 82.9 Å². The Kier molecular flexibility index (Phi) is 48.8. The molecular weight excluding hydrogens is 1110 g/mol. The van der Waals surface area contributed by atoms with E-state index in [9.17, 15) is 25.9 Å². The standard InChI is InChI=1S/2C38H64O3S.Ca/c2*1-3-5-7-9-11-13-15-17-19-21-23-25-27-34-29-31-36-35(30-32-38(37(36)33-34)42(39,40)41)28-26-24-22-20-18-16-14-12-10-8-6-4-2;/h2*29-33H,3-28H2,1-2H3,(H,39,40,41);/q;;+2/p-2. The third kappa shape index (κ3) is 38.1. The Morgan fingerprint density at radius 3 is 0.659 bits per heavy atom. The summed E-state index contributed by atoms with van der Waals surface area (Å²) in [4.78, 5) is -0.125. The third-order valence-corrected chi connectivity index (χ3v) is 19.8. The molecule has 9 heteroatoms. The van der Waals surface area contributed by atoms with E-state index in [4.69, 9.17) is 0 Å². The quantitative estimate of drug-likeness (QED) is 0.0247. The summed E-state index contributed by atoms with van der Waals surface area (Å²) in [5.41, 5.74) is 4.62. The van der Waals surface area contributed by atoms with Crippen molar-refractivity contribution in [3.63, 3.8) is 0 Å². The van der Waals surface area contributed by atoms with E-state index < -0.39 is 20.2 Å². The summed E-state index contributed by atoms with van der Waals surface area (Å²) in [6.45, 7) is 9.08. The minimum atomic E-state index is -4.51. The molecule has 0 aromatic heterocycles. The molecule has 4 aromatic carbocycles. The summed E-state index contributed by atoms with van der Waals surface area (Å²) in [5.74, 6) is 0. The van der Waals surface area contributed by atoms with Gasteiger partial charge in [-0.1, -0.05) is 347 Å². The van der Waals surface area contributed by atoms with Crippen LogP contribution in [0.2, 0.25) is 0 Å². The molecule has 0 unspecified atom stereocenters. The second-order valence-electron chi connectivity index (χ2n) is 25.7. The van der Waals surface area contributed by atoms with Gasteiger partial charge in [-0.15, -0.1) is 0 Å². The van der Waals surface area contributed by atoms with Crippen LogP contribution in [0.15, 0.2) is 70.5 Å². The molecule has 4 aromatic rings. The van der Waals surface area contributed by atoms with E-state index in [1.54, 1.807) is 12.1 Å². The van der Waals surface area contributed by atoms with E-state index in [0.717, 1.165) is 73.3 Å². The van der Waals surface area contributed by atoms with Crippen molar-refractivity contribution in [1.29, 1.82) is 0 Å². The summed E-state index contributed by atoms with van der Waals surface area (Å²) in [7, 11) is -9.01. The fraction of sp³-hybridized carbons (Fsp3) is 0.737. The molecule has 0 aliphatic rings. The molecule has 0 atom stereocenters. The van der Waals surface area contributed by atoms with Crippen LogP contribution in [0.5, 0.6) is 0 Å². The van der Waals surface area contributed by atoms with Gasteiger partial charge in [0.15, 0.2) is 0 Å². The Bertz CT molecular complexity index is 2300. The van der Waals surface area contributed by atoms with E-state index in [1.165, 1.54) is 294 Å². The molecule has 4 rings (SSSR count). The fourth-order valence-electron chi connectivity index (χ4n) is 12.7. The van der Waals surface area contributed by atoms with Crippen LogP contribution in [0.4, 0.5) is 0 Å². The van der Waals surface area contributed by atoms with E-state index in [-0.39, 0.29) is 47.5 Å². The molecule has 85 heavy (non-hydrogen) atoms. The van der Waals surface area contributed by atoms with Gasteiger partial charge < -0.3 is 9.11 Å². The average molecular weight is 1240 g/mol. The van der Waals surface area contributed by atoms with Crippen LogP contribution < -0.4 is 0 Å². The molecule has 0 amide bonds. The van der Waals surface area contributed by atoms with Crippen molar-refractivity contribution < 1.29 is 25.9 Å². The molecule has 0 aliphatic heterocycles. The number of aryl methyl sites for hydroxylation is 4. The van der Waals surface area contributed by atoms with Crippen LogP contribution in [0, 0.1) is 0 Å². The summed E-state index contributed by atoms with van der Waals surface area (Å²) < 4.78 is 72.4. The minimum absolute atomic E-state index is 0. The Morgan fingerprint density at radius 2 is 0.447 bits per heavy atom. The van der Waals surface area contributed by atoms with Crippen molar-refractivity contribution in [2.24, 2.45) is 0 Å². The Labute approximate surface area is 555 Å². The van der Waals surface area contributed by atoms with Crippen molar-refractivity contribution >= 4 is 79.5 Å². The SMILES string of the molecule is CCCCCCCCCCCCCCc1ccc2c(CCCCCCCCCCCCCC)ccc(S(=O)(=O)[O-])c2c1.CCCCCCCCCCCCCCc1ccc2c(CCCCCCCCCCCCCC)ccc(S(=O)(=O)[O-])c2c1.[Ca+2]. The van der Waals surface area contributed by atoms with Crippen LogP contribution in [0.25, 0.3) is 21.5 Å². The van der Waals surface area contributed by atoms with E-state index in [2.05, 4.69) is 52.0 Å². The molecule has 480 valence electrons. The molecular formula is C76H126CaO6S2. The van der Waals surface area contributed by atoms with Gasteiger partial charge in [-0.05, 0) is 119 Å². The summed E-state index contributed by atoms with van der Waals surface area (Å²) in [6, 6.07) is 19.2. The predicted octanol–water partition coefficient (Wildman–Crippen LogP) is 24.1. The fourth-order valence-corrected chi connectivity index (χ4v) is 14.0. The van der Waals surface area contributed by atoms with Crippen LogP contribution >= 0.6 is 0 Å². The Hall–Kier alpha value is -1.52. The van der Waals surface area contributed by atoms with E-state index in [0.29, 0.717) is 10.8 Å². The van der Waals surface area contributed by atoms with Crippen molar-refractivity contribution in [2.75, 3.05) is 0 Å². The summed E-state index contributed by atoms with van der Waals surface area (Å²) >= 11 is 0. The van der Waals surface area contributed by atoms with Gasteiger partial charge in [0.2, 0.25) is 0 Å². The number of hydrogen-bond acceptors (Lipinski definition) is 6. The maximum absolute atomic E-state index is 12.1. The zero-order valence-corrected chi connectivity index (χ0v) is 59.4. The summed E-state index contributed by atoms with van der Waals surface area (Å²) in [5, 5.41) is 3.12. The second kappa shape index (κ2) is 52.1. The molecule has 0 radical (unpaired) electrons. The van der Waals surface area contributed by atoms with Gasteiger partial charge in [-0.25, -0.2) is 16.8 Å². The first-order valence-corrected chi connectivity index (χ1v) is 38.8. The molecule has 0 aliphatic carbocycles. The molecule has 6 nitrogen and oxygen atoms in total. The topological polar surface area (TPSA) is 114 Å². The minimum Gasteiger partial charge on any atom is -0.744 e. The monoisotopic (exact) mass is 1240 g/mol. The van der Waals surface area contributed by atoms with Crippen molar-refractivity contribution in [1.82, 2.24) is 0 Å². The maximum atomic E-state index is 12.1. The normalized spacial score (nSPS) is 11.8. The number of fused-ring (bicyclic) bond motifs is 2. The molecule has 0 saturated carbocycles. The Balaban J connectivity index is 0.000000573. The third-order valence-electron chi connectivity index (χ3n) is 18.0. The zero-order valence-electron chi connectivity index (χ0n) is 55.5. The van der Waals surface area contributed by atoms with Crippen LogP contribution in [0.3, 0.4) is 0 Å². The van der Waals surface area contributed by atoms with Gasteiger partial charge >= 0.3 is 37.7 Å². The molecule has 0 heterocycles. The number of hydrogen-bond donors (Lipinski definition) is 0. The van der Waals surface area contributed by atoms with Crippen LogP contribution in [0.1, 0.15) is 358 Å². The first kappa shape index (κ1) is 79.6. The van der Waals surface area contributed by atoms with Gasteiger partial charge in [0.05, 0.1) is 9.79 Å². The van der Waals surface area contributed by atoms with Gasteiger partial charge in [-0.3, -0.25) is 0 Å². The van der Waals surface area contributed by atoms with Crippen molar-refractivity contribution in [2.45, 2.75) is 371 Å². The first-order valence-electron chi connectivity index (χ1n) is 35.9. The average Bonchev–Trinajstić information content (AvgIpc) is 1.39. The van der Waals surface area contributed by atoms with Crippen molar-refractivity contribution in [3.8, 4) is 0 Å².